The number of hydrogen-bond donors (Lipinski definition) is 0. The molecule has 100 valence electrons. The Morgan fingerprint density at radius 3 is 2.89 bits per heavy atom. The molecule has 18 heavy (non-hydrogen) atoms. The second-order valence-corrected chi connectivity index (χ2v) is 4.88. The summed E-state index contributed by atoms with van der Waals surface area (Å²) in [5, 5.41) is 0. The average molecular weight is 270 g/mol. The summed E-state index contributed by atoms with van der Waals surface area (Å²) in [6, 6.07) is 0. The molecule has 0 spiro atoms. The summed E-state index contributed by atoms with van der Waals surface area (Å²) >= 11 is 5.88. The maximum absolute atomic E-state index is 5.88. The first-order valence-corrected chi connectivity index (χ1v) is 7.03. The van der Waals surface area contributed by atoms with E-state index in [0.717, 1.165) is 31.7 Å². The van der Waals surface area contributed by atoms with E-state index in [9.17, 15) is 0 Å². The van der Waals surface area contributed by atoms with Crippen molar-refractivity contribution in [1.29, 1.82) is 0 Å². The molecule has 0 saturated carbocycles. The first-order chi connectivity index (χ1) is 8.86. The second kappa shape index (κ2) is 6.90. The van der Waals surface area contributed by atoms with E-state index >= 15 is 0 Å². The summed E-state index contributed by atoms with van der Waals surface area (Å²) < 4.78 is 5.16. The molecule has 0 unspecified atom stereocenters. The summed E-state index contributed by atoms with van der Waals surface area (Å²) in [7, 11) is 1.72. The Labute approximate surface area is 113 Å². The molecular formula is C13H20ClN3O. The topological polar surface area (TPSA) is 38.2 Å². The molecule has 1 heterocycles. The lowest BCUT2D eigenvalue weighted by Crippen LogP contribution is -2.31. The summed E-state index contributed by atoms with van der Waals surface area (Å²) in [6.07, 6.45) is 6.29. The van der Waals surface area contributed by atoms with Crippen molar-refractivity contribution in [3.8, 4) is 0 Å². The highest BCUT2D eigenvalue weighted by molar-refractivity contribution is 6.18. The minimum absolute atomic E-state index is 0.600. The predicted molar refractivity (Wildman–Crippen MR) is 73.5 cm³/mol. The van der Waals surface area contributed by atoms with Crippen LogP contribution in [0, 0.1) is 0 Å². The van der Waals surface area contributed by atoms with Crippen LogP contribution in [0.15, 0.2) is 6.33 Å². The van der Waals surface area contributed by atoms with E-state index in [1.165, 1.54) is 24.1 Å². The minimum Gasteiger partial charge on any atom is -0.383 e. The van der Waals surface area contributed by atoms with Crippen LogP contribution in [-0.4, -0.2) is 42.7 Å². The highest BCUT2D eigenvalue weighted by atomic mass is 35.5. The van der Waals surface area contributed by atoms with Gasteiger partial charge in [-0.05, 0) is 25.7 Å². The number of fused-ring (bicyclic) bond motifs is 1. The monoisotopic (exact) mass is 269 g/mol. The van der Waals surface area contributed by atoms with Crippen molar-refractivity contribution >= 4 is 17.4 Å². The molecule has 1 aliphatic carbocycles. The van der Waals surface area contributed by atoms with E-state index in [-0.39, 0.29) is 0 Å². The molecule has 0 saturated heterocycles. The molecule has 0 aromatic carbocycles. The zero-order valence-electron chi connectivity index (χ0n) is 10.9. The van der Waals surface area contributed by atoms with Crippen molar-refractivity contribution in [2.45, 2.75) is 25.7 Å². The third-order valence-electron chi connectivity index (χ3n) is 3.32. The van der Waals surface area contributed by atoms with Crippen molar-refractivity contribution in [3.05, 3.63) is 17.6 Å². The van der Waals surface area contributed by atoms with Crippen LogP contribution >= 0.6 is 11.6 Å². The molecule has 2 rings (SSSR count). The van der Waals surface area contributed by atoms with Gasteiger partial charge in [-0.3, -0.25) is 0 Å². The Morgan fingerprint density at radius 2 is 2.11 bits per heavy atom. The van der Waals surface area contributed by atoms with Crippen LogP contribution in [0.5, 0.6) is 0 Å². The molecule has 5 heteroatoms. The molecule has 1 aromatic heterocycles. The van der Waals surface area contributed by atoms with Crippen molar-refractivity contribution in [1.82, 2.24) is 9.97 Å². The van der Waals surface area contributed by atoms with E-state index in [4.69, 9.17) is 16.3 Å². The standard InChI is InChI=1S/C13H20ClN3O/c1-18-9-8-17(7-6-14)13-11-4-2-3-5-12(11)15-10-16-13/h10H,2-9H2,1H3. The van der Waals surface area contributed by atoms with Gasteiger partial charge in [-0.1, -0.05) is 0 Å². The van der Waals surface area contributed by atoms with Crippen molar-refractivity contribution < 1.29 is 4.74 Å². The Bertz CT molecular complexity index is 386. The third-order valence-corrected chi connectivity index (χ3v) is 3.49. The summed E-state index contributed by atoms with van der Waals surface area (Å²) in [5.74, 6) is 1.65. The highest BCUT2D eigenvalue weighted by Crippen LogP contribution is 2.26. The first kappa shape index (κ1) is 13.6. The van der Waals surface area contributed by atoms with E-state index in [2.05, 4.69) is 14.9 Å². The van der Waals surface area contributed by atoms with E-state index in [1.54, 1.807) is 13.4 Å². The van der Waals surface area contributed by atoms with Crippen LogP contribution in [0.1, 0.15) is 24.1 Å². The zero-order valence-corrected chi connectivity index (χ0v) is 11.6. The fourth-order valence-electron chi connectivity index (χ4n) is 2.40. The Morgan fingerprint density at radius 1 is 1.28 bits per heavy atom. The maximum atomic E-state index is 5.88. The molecule has 1 aromatic rings. The number of hydrogen-bond acceptors (Lipinski definition) is 4. The van der Waals surface area contributed by atoms with E-state index < -0.39 is 0 Å². The van der Waals surface area contributed by atoms with Gasteiger partial charge in [0.2, 0.25) is 0 Å². The van der Waals surface area contributed by atoms with Gasteiger partial charge in [0.1, 0.15) is 12.1 Å². The molecule has 0 bridgehead atoms. The average Bonchev–Trinajstić information content (AvgIpc) is 2.43. The fourth-order valence-corrected chi connectivity index (χ4v) is 2.61. The Balaban J connectivity index is 2.22. The lowest BCUT2D eigenvalue weighted by Gasteiger charge is -2.27. The number of alkyl halides is 1. The lowest BCUT2D eigenvalue weighted by atomic mass is 9.96. The molecule has 0 atom stereocenters. The lowest BCUT2D eigenvalue weighted by molar-refractivity contribution is 0.205. The van der Waals surface area contributed by atoms with Gasteiger partial charge >= 0.3 is 0 Å². The number of aryl methyl sites for hydroxylation is 1. The van der Waals surface area contributed by atoms with Crippen LogP contribution in [-0.2, 0) is 17.6 Å². The van der Waals surface area contributed by atoms with Crippen LogP contribution in [0.25, 0.3) is 0 Å². The second-order valence-electron chi connectivity index (χ2n) is 4.50. The quantitative estimate of drug-likeness (QED) is 0.741. The Hall–Kier alpha value is -0.870. The normalized spacial score (nSPS) is 14.3. The zero-order chi connectivity index (χ0) is 12.8. The van der Waals surface area contributed by atoms with Crippen molar-refractivity contribution in [2.75, 3.05) is 37.6 Å². The molecule has 0 amide bonds. The predicted octanol–water partition coefficient (Wildman–Crippen LogP) is 2.05. The van der Waals surface area contributed by atoms with E-state index in [1.807, 2.05) is 0 Å². The summed E-state index contributed by atoms with van der Waals surface area (Å²) in [5.41, 5.74) is 2.52. The van der Waals surface area contributed by atoms with Gasteiger partial charge in [-0.25, -0.2) is 9.97 Å². The van der Waals surface area contributed by atoms with Gasteiger partial charge in [0.25, 0.3) is 0 Å². The number of nitrogens with zero attached hydrogens (tertiary/aromatic N) is 3. The van der Waals surface area contributed by atoms with Gasteiger partial charge in [-0.15, -0.1) is 11.6 Å². The summed E-state index contributed by atoms with van der Waals surface area (Å²) in [4.78, 5) is 11.1. The minimum atomic E-state index is 0.600. The highest BCUT2D eigenvalue weighted by Gasteiger charge is 2.19. The van der Waals surface area contributed by atoms with Crippen molar-refractivity contribution in [2.24, 2.45) is 0 Å². The largest absolute Gasteiger partial charge is 0.383 e. The maximum Gasteiger partial charge on any atom is 0.135 e. The Kier molecular flexibility index (Phi) is 5.20. The number of rotatable bonds is 6. The first-order valence-electron chi connectivity index (χ1n) is 6.49. The molecule has 0 aliphatic heterocycles. The van der Waals surface area contributed by atoms with Gasteiger partial charge in [-0.2, -0.15) is 0 Å². The van der Waals surface area contributed by atoms with Crippen molar-refractivity contribution in [3.63, 3.8) is 0 Å². The number of ether oxygens (including phenoxy) is 1. The smallest absolute Gasteiger partial charge is 0.135 e. The summed E-state index contributed by atoms with van der Waals surface area (Å²) in [6.45, 7) is 2.32. The van der Waals surface area contributed by atoms with Crippen LogP contribution in [0.4, 0.5) is 5.82 Å². The molecule has 0 N–H and O–H groups in total. The number of anilines is 1. The van der Waals surface area contributed by atoms with Gasteiger partial charge in [0, 0.05) is 37.3 Å². The van der Waals surface area contributed by atoms with Crippen LogP contribution in [0.3, 0.4) is 0 Å². The molecule has 1 aliphatic rings. The van der Waals surface area contributed by atoms with Gasteiger partial charge in [0.15, 0.2) is 0 Å². The number of aromatic nitrogens is 2. The third kappa shape index (κ3) is 3.12. The fraction of sp³-hybridized carbons (Fsp3) is 0.692. The molecule has 0 radical (unpaired) electrons. The molecular weight excluding hydrogens is 250 g/mol. The number of halogens is 1. The van der Waals surface area contributed by atoms with Gasteiger partial charge < -0.3 is 9.64 Å². The van der Waals surface area contributed by atoms with E-state index in [0.29, 0.717) is 12.5 Å². The van der Waals surface area contributed by atoms with Gasteiger partial charge in [0.05, 0.1) is 6.61 Å². The van der Waals surface area contributed by atoms with Crippen LogP contribution in [0.2, 0.25) is 0 Å². The number of methoxy groups -OCH3 is 1. The van der Waals surface area contributed by atoms with Crippen LogP contribution < -0.4 is 4.90 Å². The molecule has 0 fully saturated rings. The molecule has 4 nitrogen and oxygen atoms in total. The SMILES string of the molecule is COCCN(CCCl)c1ncnc2c1CCCC2.